The number of amides is 1. The highest BCUT2D eigenvalue weighted by atomic mass is 19.4. The first-order chi connectivity index (χ1) is 11.3. The summed E-state index contributed by atoms with van der Waals surface area (Å²) >= 11 is 0. The van der Waals surface area contributed by atoms with Crippen LogP contribution >= 0.6 is 0 Å². The van der Waals surface area contributed by atoms with Gasteiger partial charge >= 0.3 is 6.18 Å². The van der Waals surface area contributed by atoms with Crippen LogP contribution in [0, 0.1) is 6.92 Å². The molecule has 8 heteroatoms. The van der Waals surface area contributed by atoms with Crippen LogP contribution in [0.1, 0.15) is 39.8 Å². The van der Waals surface area contributed by atoms with E-state index in [-0.39, 0.29) is 24.2 Å². The van der Waals surface area contributed by atoms with E-state index in [0.29, 0.717) is 5.69 Å². The highest BCUT2D eigenvalue weighted by Crippen LogP contribution is 2.40. The van der Waals surface area contributed by atoms with E-state index >= 15 is 0 Å². The zero-order valence-corrected chi connectivity index (χ0v) is 12.8. The number of likely N-dealkylation sites (tertiary alicyclic amines) is 1. The summed E-state index contributed by atoms with van der Waals surface area (Å²) in [5.41, 5.74) is -0.0105. The molecule has 3 rings (SSSR count). The Morgan fingerprint density at radius 2 is 2.08 bits per heavy atom. The molecule has 1 saturated heterocycles. The minimum Gasteiger partial charge on any atom is -0.391 e. The van der Waals surface area contributed by atoms with Crippen molar-refractivity contribution in [1.29, 1.82) is 0 Å². The number of aliphatic hydroxyl groups excluding tert-OH is 1. The second-order valence-electron chi connectivity index (χ2n) is 5.88. The molecule has 1 aliphatic rings. The Kier molecular flexibility index (Phi) is 4.08. The quantitative estimate of drug-likeness (QED) is 0.884. The van der Waals surface area contributed by atoms with Gasteiger partial charge in [0.1, 0.15) is 5.69 Å². The number of carbonyl (C=O) groups excluding carboxylic acids is 1. The van der Waals surface area contributed by atoms with Crippen LogP contribution in [0.25, 0.3) is 0 Å². The van der Waals surface area contributed by atoms with E-state index in [1.807, 2.05) is 0 Å². The van der Waals surface area contributed by atoms with Crippen LogP contribution in [-0.4, -0.2) is 38.8 Å². The molecule has 128 valence electrons. The van der Waals surface area contributed by atoms with Crippen LogP contribution in [0.15, 0.2) is 30.3 Å². The summed E-state index contributed by atoms with van der Waals surface area (Å²) in [4.78, 5) is 13.9. The standard InChI is InChI=1S/C16H16F3N3O2/c1-9-6-13(21-20-9)15(24)22-8-10(23)7-14(22)11-4-2-3-5-12(11)16(17,18)19/h2-6,10,14,23H,7-8H2,1H3,(H,20,21)/t10-,14-/m1/s1. The predicted molar refractivity (Wildman–Crippen MR) is 79.2 cm³/mol. The number of aryl methyl sites for hydroxylation is 1. The number of benzene rings is 1. The van der Waals surface area contributed by atoms with E-state index in [1.165, 1.54) is 29.2 Å². The van der Waals surface area contributed by atoms with Crippen molar-refractivity contribution >= 4 is 5.91 Å². The summed E-state index contributed by atoms with van der Waals surface area (Å²) < 4.78 is 39.8. The van der Waals surface area contributed by atoms with E-state index < -0.39 is 29.8 Å². The molecule has 2 N–H and O–H groups in total. The lowest BCUT2D eigenvalue weighted by molar-refractivity contribution is -0.138. The first-order valence-electron chi connectivity index (χ1n) is 7.44. The number of nitrogens with one attached hydrogen (secondary N) is 1. The van der Waals surface area contributed by atoms with Crippen molar-refractivity contribution in [2.45, 2.75) is 31.7 Å². The van der Waals surface area contributed by atoms with Gasteiger partial charge in [-0.15, -0.1) is 0 Å². The van der Waals surface area contributed by atoms with Crippen molar-refractivity contribution in [3.05, 3.63) is 52.8 Å². The van der Waals surface area contributed by atoms with E-state index in [4.69, 9.17) is 0 Å². The topological polar surface area (TPSA) is 69.2 Å². The highest BCUT2D eigenvalue weighted by Gasteiger charge is 2.41. The number of carbonyl (C=O) groups is 1. The fourth-order valence-electron chi connectivity index (χ4n) is 3.05. The van der Waals surface area contributed by atoms with Gasteiger partial charge in [-0.2, -0.15) is 18.3 Å². The molecule has 0 unspecified atom stereocenters. The number of aromatic nitrogens is 2. The smallest absolute Gasteiger partial charge is 0.391 e. The molecule has 0 saturated carbocycles. The SMILES string of the molecule is Cc1cc(C(=O)N2C[C@H](O)C[C@@H]2c2ccccc2C(F)(F)F)n[nH]1. The summed E-state index contributed by atoms with van der Waals surface area (Å²) in [6.45, 7) is 1.70. The third-order valence-electron chi connectivity index (χ3n) is 4.09. The summed E-state index contributed by atoms with van der Waals surface area (Å²) in [7, 11) is 0. The molecule has 0 aliphatic carbocycles. The Morgan fingerprint density at radius 1 is 1.38 bits per heavy atom. The molecule has 2 heterocycles. The van der Waals surface area contributed by atoms with Crippen LogP contribution in [0.4, 0.5) is 13.2 Å². The Morgan fingerprint density at radius 3 is 2.71 bits per heavy atom. The maximum Gasteiger partial charge on any atom is 0.416 e. The number of β-amino-alcohol motifs (C(OH)–C–C–N with tert-alkyl or cyclic N) is 1. The monoisotopic (exact) mass is 339 g/mol. The molecule has 0 radical (unpaired) electrons. The van der Waals surface area contributed by atoms with Gasteiger partial charge in [-0.3, -0.25) is 9.89 Å². The third-order valence-corrected chi connectivity index (χ3v) is 4.09. The zero-order chi connectivity index (χ0) is 17.5. The first-order valence-corrected chi connectivity index (χ1v) is 7.44. The van der Waals surface area contributed by atoms with Crippen molar-refractivity contribution in [3.63, 3.8) is 0 Å². The van der Waals surface area contributed by atoms with Crippen molar-refractivity contribution in [1.82, 2.24) is 15.1 Å². The lowest BCUT2D eigenvalue weighted by Crippen LogP contribution is -2.33. The van der Waals surface area contributed by atoms with Gasteiger partial charge in [0.15, 0.2) is 0 Å². The molecule has 1 aliphatic heterocycles. The Balaban J connectivity index is 1.99. The largest absolute Gasteiger partial charge is 0.416 e. The van der Waals surface area contributed by atoms with Crippen LogP contribution in [-0.2, 0) is 6.18 Å². The molecular weight excluding hydrogens is 323 g/mol. The minimum atomic E-state index is -4.53. The van der Waals surface area contributed by atoms with Crippen LogP contribution in [0.2, 0.25) is 0 Å². The Hall–Kier alpha value is -2.35. The highest BCUT2D eigenvalue weighted by molar-refractivity contribution is 5.93. The minimum absolute atomic E-state index is 0.0119. The van der Waals surface area contributed by atoms with Crippen molar-refractivity contribution in [3.8, 4) is 0 Å². The van der Waals surface area contributed by atoms with Gasteiger partial charge in [0.25, 0.3) is 5.91 Å². The number of rotatable bonds is 2. The normalized spacial score (nSPS) is 21.3. The van der Waals surface area contributed by atoms with Gasteiger partial charge in [-0.05, 0) is 31.0 Å². The third kappa shape index (κ3) is 3.01. The fraction of sp³-hybridized carbons (Fsp3) is 0.375. The van der Waals surface area contributed by atoms with Gasteiger partial charge in [-0.1, -0.05) is 18.2 Å². The number of hydrogen-bond donors (Lipinski definition) is 2. The van der Waals surface area contributed by atoms with Gasteiger partial charge in [0.2, 0.25) is 0 Å². The number of H-pyrrole nitrogens is 1. The van der Waals surface area contributed by atoms with Crippen LogP contribution in [0.3, 0.4) is 0 Å². The van der Waals surface area contributed by atoms with Gasteiger partial charge in [0.05, 0.1) is 17.7 Å². The maximum atomic E-state index is 13.3. The van der Waals surface area contributed by atoms with Crippen molar-refractivity contribution in [2.24, 2.45) is 0 Å². The summed E-state index contributed by atoms with van der Waals surface area (Å²) in [6, 6.07) is 5.82. The number of alkyl halides is 3. The Bertz CT molecular complexity index is 757. The molecule has 2 aromatic rings. The number of aromatic amines is 1. The second kappa shape index (κ2) is 5.94. The van der Waals surface area contributed by atoms with Crippen LogP contribution < -0.4 is 0 Å². The lowest BCUT2D eigenvalue weighted by atomic mass is 9.97. The van der Waals surface area contributed by atoms with E-state index in [0.717, 1.165) is 6.07 Å². The van der Waals surface area contributed by atoms with Gasteiger partial charge in [-0.25, -0.2) is 0 Å². The van der Waals surface area contributed by atoms with E-state index in [2.05, 4.69) is 10.2 Å². The second-order valence-corrected chi connectivity index (χ2v) is 5.88. The number of halogens is 3. The van der Waals surface area contributed by atoms with E-state index in [1.54, 1.807) is 6.92 Å². The number of hydrogen-bond acceptors (Lipinski definition) is 3. The molecule has 0 spiro atoms. The Labute approximate surface area is 136 Å². The summed E-state index contributed by atoms with van der Waals surface area (Å²) in [6.07, 6.45) is -5.34. The predicted octanol–water partition coefficient (Wildman–Crippen LogP) is 2.69. The lowest BCUT2D eigenvalue weighted by Gasteiger charge is -2.26. The molecule has 2 atom stereocenters. The molecule has 0 bridgehead atoms. The molecule has 5 nitrogen and oxygen atoms in total. The molecule has 1 amide bonds. The summed E-state index contributed by atoms with van der Waals surface area (Å²) in [5.74, 6) is -0.502. The maximum absolute atomic E-state index is 13.3. The zero-order valence-electron chi connectivity index (χ0n) is 12.8. The van der Waals surface area contributed by atoms with Crippen molar-refractivity contribution in [2.75, 3.05) is 6.54 Å². The molecule has 24 heavy (non-hydrogen) atoms. The molecular formula is C16H16F3N3O2. The van der Waals surface area contributed by atoms with Crippen molar-refractivity contribution < 1.29 is 23.1 Å². The average molecular weight is 339 g/mol. The fourth-order valence-corrected chi connectivity index (χ4v) is 3.05. The molecule has 1 aromatic carbocycles. The molecule has 1 aromatic heterocycles. The average Bonchev–Trinajstić information content (AvgIpc) is 3.12. The van der Waals surface area contributed by atoms with E-state index in [9.17, 15) is 23.1 Å². The van der Waals surface area contributed by atoms with Crippen LogP contribution in [0.5, 0.6) is 0 Å². The van der Waals surface area contributed by atoms with Gasteiger partial charge in [0, 0.05) is 12.2 Å². The number of aliphatic hydroxyl groups is 1. The first kappa shape index (κ1) is 16.5. The number of nitrogens with zero attached hydrogens (tertiary/aromatic N) is 2. The molecule has 1 fully saturated rings. The summed E-state index contributed by atoms with van der Waals surface area (Å²) in [5, 5.41) is 16.4. The van der Waals surface area contributed by atoms with Gasteiger partial charge < -0.3 is 10.0 Å².